The molecule has 2 rings (SSSR count). The second kappa shape index (κ2) is 5.61. The first-order valence-electron chi connectivity index (χ1n) is 5.21. The molecular weight excluding hydrogens is 238 g/mol. The summed E-state index contributed by atoms with van der Waals surface area (Å²) in [5, 5.41) is 0.628. The number of benzene rings is 1. The molecule has 0 unspecified atom stereocenters. The first kappa shape index (κ1) is 11.8. The predicted molar refractivity (Wildman–Crippen MR) is 67.0 cm³/mol. The molecule has 0 bridgehead atoms. The van der Waals surface area contributed by atoms with Gasteiger partial charge in [0.1, 0.15) is 6.61 Å². The van der Waals surface area contributed by atoms with Gasteiger partial charge in [-0.05, 0) is 12.1 Å². The van der Waals surface area contributed by atoms with E-state index in [2.05, 4.69) is 9.97 Å². The van der Waals surface area contributed by atoms with Gasteiger partial charge in [0.2, 0.25) is 0 Å². The largest absolute Gasteiger partial charge is 0.489 e. The van der Waals surface area contributed by atoms with Crippen LogP contribution in [0, 0.1) is 0 Å². The van der Waals surface area contributed by atoms with Crippen LogP contribution in [-0.2, 0) is 0 Å². The Balaban J connectivity index is 2.21. The van der Waals surface area contributed by atoms with E-state index in [0.717, 1.165) is 5.56 Å². The number of ether oxygens (including phenoxy) is 1. The minimum Gasteiger partial charge on any atom is -0.489 e. The molecule has 0 radical (unpaired) electrons. The van der Waals surface area contributed by atoms with Crippen molar-refractivity contribution in [1.29, 1.82) is 0 Å². The molecule has 0 fully saturated rings. The van der Waals surface area contributed by atoms with E-state index < -0.39 is 0 Å². The normalized spacial score (nSPS) is 10.2. The van der Waals surface area contributed by atoms with E-state index in [9.17, 15) is 0 Å². The summed E-state index contributed by atoms with van der Waals surface area (Å²) in [6.07, 6.45) is 3.22. The molecule has 4 nitrogen and oxygen atoms in total. The summed E-state index contributed by atoms with van der Waals surface area (Å²) in [7, 11) is 0. The summed E-state index contributed by atoms with van der Waals surface area (Å²) in [5.74, 6) is 1.18. The van der Waals surface area contributed by atoms with E-state index in [-0.39, 0.29) is 0 Å². The first-order valence-corrected chi connectivity index (χ1v) is 5.59. The minimum absolute atomic E-state index is 0.453. The van der Waals surface area contributed by atoms with Crippen molar-refractivity contribution < 1.29 is 4.74 Å². The highest BCUT2D eigenvalue weighted by molar-refractivity contribution is 6.33. The molecule has 1 heterocycles. The van der Waals surface area contributed by atoms with E-state index in [1.54, 1.807) is 18.5 Å². The van der Waals surface area contributed by atoms with Gasteiger partial charge in [0.05, 0.1) is 17.4 Å². The summed E-state index contributed by atoms with van der Waals surface area (Å²) < 4.78 is 5.29. The van der Waals surface area contributed by atoms with Crippen LogP contribution in [0.3, 0.4) is 0 Å². The average molecular weight is 250 g/mol. The Morgan fingerprint density at radius 2 is 1.88 bits per heavy atom. The van der Waals surface area contributed by atoms with Crippen molar-refractivity contribution in [1.82, 2.24) is 9.97 Å². The molecule has 0 saturated heterocycles. The molecule has 0 spiro atoms. The summed E-state index contributed by atoms with van der Waals surface area (Å²) in [6.45, 7) is 0.918. The van der Waals surface area contributed by atoms with Crippen LogP contribution in [0.25, 0.3) is 11.4 Å². The van der Waals surface area contributed by atoms with Crippen LogP contribution in [0.1, 0.15) is 0 Å². The standard InChI is InChI=1S/C12H12ClN3O/c13-11-4-2-1-3-10(11)12-15-7-9(8-16-12)17-6-5-14/h1-4,7-8H,5-6,14H2. The Morgan fingerprint density at radius 3 is 2.53 bits per heavy atom. The molecule has 0 amide bonds. The van der Waals surface area contributed by atoms with E-state index in [4.69, 9.17) is 22.1 Å². The van der Waals surface area contributed by atoms with E-state index in [1.165, 1.54) is 0 Å². The lowest BCUT2D eigenvalue weighted by atomic mass is 10.2. The Kier molecular flexibility index (Phi) is 3.90. The summed E-state index contributed by atoms with van der Waals surface area (Å²) in [6, 6.07) is 7.44. The third kappa shape index (κ3) is 2.93. The second-order valence-electron chi connectivity index (χ2n) is 3.36. The number of nitrogens with zero attached hydrogens (tertiary/aromatic N) is 2. The molecule has 17 heavy (non-hydrogen) atoms. The van der Waals surface area contributed by atoms with E-state index >= 15 is 0 Å². The molecule has 88 valence electrons. The van der Waals surface area contributed by atoms with Gasteiger partial charge in [-0.1, -0.05) is 23.7 Å². The maximum Gasteiger partial charge on any atom is 0.160 e. The molecule has 0 aliphatic carbocycles. The zero-order chi connectivity index (χ0) is 12.1. The minimum atomic E-state index is 0.453. The fraction of sp³-hybridized carbons (Fsp3) is 0.167. The number of aromatic nitrogens is 2. The fourth-order valence-electron chi connectivity index (χ4n) is 1.35. The van der Waals surface area contributed by atoms with Crippen molar-refractivity contribution in [2.75, 3.05) is 13.2 Å². The lowest BCUT2D eigenvalue weighted by Crippen LogP contribution is -2.10. The molecule has 0 atom stereocenters. The van der Waals surface area contributed by atoms with E-state index in [0.29, 0.717) is 29.7 Å². The maximum absolute atomic E-state index is 6.05. The van der Waals surface area contributed by atoms with E-state index in [1.807, 2.05) is 18.2 Å². The zero-order valence-corrected chi connectivity index (χ0v) is 9.89. The molecular formula is C12H12ClN3O. The van der Waals surface area contributed by atoms with Gasteiger partial charge < -0.3 is 10.5 Å². The third-order valence-corrected chi connectivity index (χ3v) is 2.46. The molecule has 0 aliphatic rings. The van der Waals surface area contributed by atoms with Crippen molar-refractivity contribution in [3.63, 3.8) is 0 Å². The first-order chi connectivity index (χ1) is 8.31. The Labute approximate surface area is 104 Å². The van der Waals surface area contributed by atoms with Crippen LogP contribution in [0.5, 0.6) is 5.75 Å². The number of hydrogen-bond acceptors (Lipinski definition) is 4. The van der Waals surface area contributed by atoms with Gasteiger partial charge >= 0.3 is 0 Å². The third-order valence-electron chi connectivity index (χ3n) is 2.13. The van der Waals surface area contributed by atoms with Crippen LogP contribution in [-0.4, -0.2) is 23.1 Å². The highest BCUT2D eigenvalue weighted by atomic mass is 35.5. The van der Waals surface area contributed by atoms with Gasteiger partial charge in [0, 0.05) is 12.1 Å². The van der Waals surface area contributed by atoms with Crippen molar-refractivity contribution in [3.8, 4) is 17.1 Å². The average Bonchev–Trinajstić information content (AvgIpc) is 2.38. The number of nitrogens with two attached hydrogens (primary N) is 1. The second-order valence-corrected chi connectivity index (χ2v) is 3.77. The number of hydrogen-bond donors (Lipinski definition) is 1. The van der Waals surface area contributed by atoms with Gasteiger partial charge in [0.25, 0.3) is 0 Å². The molecule has 0 saturated carbocycles. The monoisotopic (exact) mass is 249 g/mol. The van der Waals surface area contributed by atoms with Crippen LogP contribution >= 0.6 is 11.6 Å². The summed E-state index contributed by atoms with van der Waals surface area (Å²) >= 11 is 6.05. The van der Waals surface area contributed by atoms with Gasteiger partial charge in [-0.2, -0.15) is 0 Å². The highest BCUT2D eigenvalue weighted by Crippen LogP contribution is 2.24. The van der Waals surface area contributed by atoms with Crippen LogP contribution in [0.4, 0.5) is 0 Å². The summed E-state index contributed by atoms with van der Waals surface area (Å²) in [4.78, 5) is 8.40. The maximum atomic E-state index is 6.05. The molecule has 2 N–H and O–H groups in total. The number of rotatable bonds is 4. The van der Waals surface area contributed by atoms with Crippen molar-refractivity contribution >= 4 is 11.6 Å². The fourth-order valence-corrected chi connectivity index (χ4v) is 1.57. The Bertz CT molecular complexity index is 487. The van der Waals surface area contributed by atoms with Crippen LogP contribution in [0.2, 0.25) is 5.02 Å². The molecule has 1 aromatic carbocycles. The molecule has 0 aliphatic heterocycles. The lowest BCUT2D eigenvalue weighted by Gasteiger charge is -2.05. The van der Waals surface area contributed by atoms with Crippen LogP contribution < -0.4 is 10.5 Å². The van der Waals surface area contributed by atoms with Gasteiger partial charge in [-0.15, -0.1) is 0 Å². The smallest absolute Gasteiger partial charge is 0.160 e. The summed E-state index contributed by atoms with van der Waals surface area (Å²) in [5.41, 5.74) is 6.14. The molecule has 5 heteroatoms. The molecule has 1 aromatic heterocycles. The van der Waals surface area contributed by atoms with Crippen molar-refractivity contribution in [2.45, 2.75) is 0 Å². The van der Waals surface area contributed by atoms with Crippen molar-refractivity contribution in [2.24, 2.45) is 5.73 Å². The zero-order valence-electron chi connectivity index (χ0n) is 9.14. The van der Waals surface area contributed by atoms with Crippen LogP contribution in [0.15, 0.2) is 36.7 Å². The van der Waals surface area contributed by atoms with Gasteiger partial charge in [-0.3, -0.25) is 0 Å². The predicted octanol–water partition coefficient (Wildman–Crippen LogP) is 2.13. The lowest BCUT2D eigenvalue weighted by molar-refractivity contribution is 0.325. The van der Waals surface area contributed by atoms with Gasteiger partial charge in [0.15, 0.2) is 11.6 Å². The van der Waals surface area contributed by atoms with Gasteiger partial charge in [-0.25, -0.2) is 9.97 Å². The SMILES string of the molecule is NCCOc1cnc(-c2ccccc2Cl)nc1. The quantitative estimate of drug-likeness (QED) is 0.902. The Hall–Kier alpha value is -1.65. The topological polar surface area (TPSA) is 61.0 Å². The highest BCUT2D eigenvalue weighted by Gasteiger charge is 2.05. The van der Waals surface area contributed by atoms with Crippen molar-refractivity contribution in [3.05, 3.63) is 41.7 Å². The Morgan fingerprint density at radius 1 is 1.18 bits per heavy atom. The molecule has 2 aromatic rings. The number of halogens is 1.